The number of hydrazone groups is 1. The van der Waals surface area contributed by atoms with Gasteiger partial charge in [-0.2, -0.15) is 10.1 Å². The molecule has 10 heteroatoms. The van der Waals surface area contributed by atoms with Crippen molar-refractivity contribution in [3.05, 3.63) is 76.5 Å². The van der Waals surface area contributed by atoms with Crippen LogP contribution in [0.25, 0.3) is 5.78 Å². The van der Waals surface area contributed by atoms with Crippen molar-refractivity contribution in [1.29, 1.82) is 0 Å². The third-order valence-corrected chi connectivity index (χ3v) is 6.21. The van der Waals surface area contributed by atoms with Crippen molar-refractivity contribution in [2.45, 2.75) is 31.5 Å². The Morgan fingerprint density at radius 1 is 1.22 bits per heavy atom. The van der Waals surface area contributed by atoms with Crippen LogP contribution >= 0.6 is 23.4 Å². The topological polar surface area (TPSA) is 88.9 Å². The minimum absolute atomic E-state index is 0.142. The molecular formula is C22H19ClN6O2S. The number of thioether (sulfide) groups is 1. The lowest BCUT2D eigenvalue weighted by Crippen LogP contribution is -2.28. The summed E-state index contributed by atoms with van der Waals surface area (Å²) in [6.07, 6.45) is 2.16. The van der Waals surface area contributed by atoms with Crippen molar-refractivity contribution in [2.75, 3.05) is 5.75 Å². The van der Waals surface area contributed by atoms with Crippen molar-refractivity contribution in [3.63, 3.8) is 0 Å². The van der Waals surface area contributed by atoms with Gasteiger partial charge in [0.2, 0.25) is 5.16 Å². The number of fused-ring (bicyclic) bond motifs is 1. The first-order valence-corrected chi connectivity index (χ1v) is 11.4. The first kappa shape index (κ1) is 20.7. The number of carbonyl (C=O) groups excluding carboxylic acids is 1. The Hall–Kier alpha value is -3.17. The lowest BCUT2D eigenvalue weighted by Gasteiger charge is -2.19. The molecule has 4 heterocycles. The molecule has 0 unspecified atom stereocenters. The second-order valence-electron chi connectivity index (χ2n) is 7.46. The first-order valence-electron chi connectivity index (χ1n) is 10.0. The lowest BCUT2D eigenvalue weighted by atomic mass is 10.0. The molecule has 1 aliphatic rings. The SMILES string of the molecule is Cc1cc(C)n2nc(SCC(=O)N3N=C(c4ccc(Cl)cc4)C[C@H]3c3ccco3)nc2n1. The van der Waals surface area contributed by atoms with E-state index < -0.39 is 0 Å². The second kappa shape index (κ2) is 8.40. The van der Waals surface area contributed by atoms with Crippen molar-refractivity contribution in [2.24, 2.45) is 5.10 Å². The van der Waals surface area contributed by atoms with Gasteiger partial charge in [0, 0.05) is 22.8 Å². The number of carbonyl (C=O) groups is 1. The molecule has 0 fully saturated rings. The average molecular weight is 467 g/mol. The van der Waals surface area contributed by atoms with Crippen molar-refractivity contribution in [1.82, 2.24) is 24.6 Å². The summed E-state index contributed by atoms with van der Waals surface area (Å²) in [7, 11) is 0. The molecule has 162 valence electrons. The van der Waals surface area contributed by atoms with Gasteiger partial charge in [-0.25, -0.2) is 14.5 Å². The highest BCUT2D eigenvalue weighted by Crippen LogP contribution is 2.34. The Kier molecular flexibility index (Phi) is 5.44. The minimum Gasteiger partial charge on any atom is -0.467 e. The van der Waals surface area contributed by atoms with Gasteiger partial charge in [-0.3, -0.25) is 4.79 Å². The second-order valence-corrected chi connectivity index (χ2v) is 8.84. The van der Waals surface area contributed by atoms with Crippen LogP contribution in [0, 0.1) is 13.8 Å². The molecule has 8 nitrogen and oxygen atoms in total. The van der Waals surface area contributed by atoms with E-state index in [1.165, 1.54) is 16.8 Å². The zero-order chi connectivity index (χ0) is 22.2. The standard InChI is InChI=1S/C22H19ClN6O2S/c1-13-10-14(2)28-21(24-13)25-22(27-28)32-12-20(30)29-18(19-4-3-9-31-19)11-17(26-29)15-5-7-16(23)8-6-15/h3-10,18H,11-12H2,1-2H3/t18-/m0/s1. The Balaban J connectivity index is 1.37. The van der Waals surface area contributed by atoms with Crippen LogP contribution in [0.5, 0.6) is 0 Å². The number of hydrogen-bond donors (Lipinski definition) is 0. The number of benzene rings is 1. The van der Waals surface area contributed by atoms with E-state index in [9.17, 15) is 4.79 Å². The van der Waals surface area contributed by atoms with Crippen molar-refractivity contribution < 1.29 is 9.21 Å². The summed E-state index contributed by atoms with van der Waals surface area (Å²) in [5, 5.41) is 11.7. The zero-order valence-electron chi connectivity index (χ0n) is 17.4. The highest BCUT2D eigenvalue weighted by atomic mass is 35.5. The van der Waals surface area contributed by atoms with E-state index >= 15 is 0 Å². The maximum atomic E-state index is 13.1. The number of nitrogens with zero attached hydrogens (tertiary/aromatic N) is 6. The fourth-order valence-electron chi connectivity index (χ4n) is 3.66. The van der Waals surface area contributed by atoms with Crippen LogP contribution in [-0.2, 0) is 4.79 Å². The monoisotopic (exact) mass is 466 g/mol. The average Bonchev–Trinajstić information content (AvgIpc) is 3.51. The summed E-state index contributed by atoms with van der Waals surface area (Å²) >= 11 is 7.28. The Bertz CT molecular complexity index is 1320. The van der Waals surface area contributed by atoms with E-state index in [0.717, 1.165) is 22.7 Å². The molecule has 0 saturated heterocycles. The van der Waals surface area contributed by atoms with Crippen LogP contribution in [0.15, 0.2) is 63.4 Å². The van der Waals surface area contributed by atoms with E-state index in [-0.39, 0.29) is 17.7 Å². The molecular weight excluding hydrogens is 448 g/mol. The molecule has 0 radical (unpaired) electrons. The van der Waals surface area contributed by atoms with Crippen LogP contribution in [0.2, 0.25) is 5.02 Å². The van der Waals surface area contributed by atoms with Gasteiger partial charge in [-0.05, 0) is 49.7 Å². The van der Waals surface area contributed by atoms with Gasteiger partial charge >= 0.3 is 0 Å². The summed E-state index contributed by atoms with van der Waals surface area (Å²) in [6.45, 7) is 3.86. The van der Waals surface area contributed by atoms with Gasteiger partial charge in [-0.1, -0.05) is 35.5 Å². The largest absolute Gasteiger partial charge is 0.467 e. The smallest absolute Gasteiger partial charge is 0.253 e. The number of furan rings is 1. The molecule has 5 rings (SSSR count). The van der Waals surface area contributed by atoms with Crippen molar-refractivity contribution in [3.8, 4) is 0 Å². The molecule has 1 atom stereocenters. The summed E-state index contributed by atoms with van der Waals surface area (Å²) in [5.74, 6) is 1.20. The number of amides is 1. The van der Waals surface area contributed by atoms with Crippen molar-refractivity contribution >= 4 is 40.8 Å². The van der Waals surface area contributed by atoms with Gasteiger partial charge in [0.25, 0.3) is 11.7 Å². The molecule has 0 aliphatic carbocycles. The Morgan fingerprint density at radius 2 is 2.03 bits per heavy atom. The molecule has 1 aromatic carbocycles. The maximum absolute atomic E-state index is 13.1. The fourth-order valence-corrected chi connectivity index (χ4v) is 4.46. The number of halogens is 1. The molecule has 0 N–H and O–H groups in total. The Morgan fingerprint density at radius 3 is 2.78 bits per heavy atom. The van der Waals surface area contributed by atoms with Gasteiger partial charge in [0.05, 0.1) is 17.7 Å². The summed E-state index contributed by atoms with van der Waals surface area (Å²) < 4.78 is 7.28. The molecule has 1 aliphatic heterocycles. The highest BCUT2D eigenvalue weighted by molar-refractivity contribution is 7.99. The number of aromatic nitrogens is 4. The number of rotatable bonds is 5. The lowest BCUT2D eigenvalue weighted by molar-refractivity contribution is -0.130. The molecule has 32 heavy (non-hydrogen) atoms. The predicted molar refractivity (Wildman–Crippen MR) is 122 cm³/mol. The number of hydrogen-bond acceptors (Lipinski definition) is 7. The molecule has 0 spiro atoms. The molecule has 3 aromatic heterocycles. The van der Waals surface area contributed by atoms with Gasteiger partial charge in [0.15, 0.2) is 0 Å². The zero-order valence-corrected chi connectivity index (χ0v) is 19.0. The van der Waals surface area contributed by atoms with Gasteiger partial charge in [0.1, 0.15) is 11.8 Å². The van der Waals surface area contributed by atoms with Crippen LogP contribution in [0.1, 0.15) is 35.2 Å². The highest BCUT2D eigenvalue weighted by Gasteiger charge is 2.34. The number of aryl methyl sites for hydroxylation is 2. The maximum Gasteiger partial charge on any atom is 0.253 e. The van der Waals surface area contributed by atoms with E-state index in [1.807, 2.05) is 56.3 Å². The normalized spacial score (nSPS) is 16.0. The quantitative estimate of drug-likeness (QED) is 0.403. The fraction of sp³-hybridized carbons (Fsp3) is 0.227. The minimum atomic E-state index is -0.302. The summed E-state index contributed by atoms with van der Waals surface area (Å²) in [6, 6.07) is 12.7. The molecule has 1 amide bonds. The third kappa shape index (κ3) is 4.01. The predicted octanol–water partition coefficient (Wildman–Crippen LogP) is 4.46. The van der Waals surface area contributed by atoms with Gasteiger partial charge in [-0.15, -0.1) is 5.10 Å². The molecule has 0 saturated carbocycles. The van der Waals surface area contributed by atoms with Crippen LogP contribution < -0.4 is 0 Å². The van der Waals surface area contributed by atoms with Gasteiger partial charge < -0.3 is 4.42 Å². The molecule has 4 aromatic rings. The van der Waals surface area contributed by atoms with E-state index in [0.29, 0.717) is 28.1 Å². The van der Waals surface area contributed by atoms with E-state index in [2.05, 4.69) is 20.2 Å². The van der Waals surface area contributed by atoms with Crippen LogP contribution in [0.4, 0.5) is 0 Å². The summed E-state index contributed by atoms with van der Waals surface area (Å²) in [5.41, 5.74) is 3.54. The van der Waals surface area contributed by atoms with E-state index in [1.54, 1.807) is 10.8 Å². The van der Waals surface area contributed by atoms with Crippen LogP contribution in [0.3, 0.4) is 0 Å². The summed E-state index contributed by atoms with van der Waals surface area (Å²) in [4.78, 5) is 22.0. The molecule has 0 bridgehead atoms. The Labute approximate surface area is 193 Å². The first-order chi connectivity index (χ1) is 15.5. The third-order valence-electron chi connectivity index (χ3n) is 5.14. The van der Waals surface area contributed by atoms with Crippen LogP contribution in [-0.4, -0.2) is 42.0 Å². The van der Waals surface area contributed by atoms with E-state index in [4.69, 9.17) is 16.0 Å².